The van der Waals surface area contributed by atoms with Crippen molar-refractivity contribution >= 4 is 17.5 Å². The van der Waals surface area contributed by atoms with Crippen LogP contribution in [0.1, 0.15) is 0 Å². The van der Waals surface area contributed by atoms with Crippen LogP contribution in [0.5, 0.6) is 0 Å². The predicted octanol–water partition coefficient (Wildman–Crippen LogP) is 1.01. The molecule has 1 saturated heterocycles. The minimum atomic E-state index is -1.08. The van der Waals surface area contributed by atoms with Crippen molar-refractivity contribution in [3.8, 4) is 0 Å². The van der Waals surface area contributed by atoms with Gasteiger partial charge in [0, 0.05) is 13.1 Å². The normalized spacial score (nSPS) is 15.9. The van der Waals surface area contributed by atoms with Crippen LogP contribution in [-0.4, -0.2) is 42.5 Å². The SMILES string of the molecule is O=C(O)Nc1cncc(N2CCOCC2)c1. The molecule has 0 saturated carbocycles. The van der Waals surface area contributed by atoms with E-state index in [2.05, 4.69) is 15.2 Å². The number of morpholine rings is 1. The summed E-state index contributed by atoms with van der Waals surface area (Å²) >= 11 is 0. The number of carboxylic acid groups (broad SMARTS) is 1. The molecule has 2 heterocycles. The molecule has 1 fully saturated rings. The molecule has 6 heteroatoms. The van der Waals surface area contributed by atoms with Crippen LogP contribution in [0, 0.1) is 0 Å². The number of anilines is 2. The number of amides is 1. The van der Waals surface area contributed by atoms with Crippen LogP contribution in [0.3, 0.4) is 0 Å². The fourth-order valence-electron chi connectivity index (χ4n) is 1.61. The van der Waals surface area contributed by atoms with E-state index >= 15 is 0 Å². The molecule has 86 valence electrons. The standard InChI is InChI=1S/C10H13N3O3/c14-10(15)12-8-5-9(7-11-6-8)13-1-3-16-4-2-13/h5-7,12H,1-4H2,(H,14,15). The van der Waals surface area contributed by atoms with Crippen LogP contribution in [0.15, 0.2) is 18.5 Å². The second-order valence-electron chi connectivity index (χ2n) is 3.46. The number of ether oxygens (including phenoxy) is 1. The molecule has 2 N–H and O–H groups in total. The number of nitrogens with one attached hydrogen (secondary N) is 1. The molecular formula is C10H13N3O3. The van der Waals surface area contributed by atoms with Crippen molar-refractivity contribution in [2.75, 3.05) is 36.5 Å². The highest BCUT2D eigenvalue weighted by Gasteiger charge is 2.12. The number of pyridine rings is 1. The van der Waals surface area contributed by atoms with E-state index in [1.165, 1.54) is 6.20 Å². The summed E-state index contributed by atoms with van der Waals surface area (Å²) in [6, 6.07) is 1.77. The highest BCUT2D eigenvalue weighted by atomic mass is 16.5. The van der Waals surface area contributed by atoms with Crippen molar-refractivity contribution in [3.63, 3.8) is 0 Å². The Balaban J connectivity index is 2.11. The quantitative estimate of drug-likeness (QED) is 0.782. The monoisotopic (exact) mass is 223 g/mol. The molecular weight excluding hydrogens is 210 g/mol. The van der Waals surface area contributed by atoms with Gasteiger partial charge in [0.15, 0.2) is 0 Å². The molecule has 1 aliphatic rings. The van der Waals surface area contributed by atoms with Gasteiger partial charge < -0.3 is 14.7 Å². The zero-order chi connectivity index (χ0) is 11.4. The van der Waals surface area contributed by atoms with E-state index in [0.717, 1.165) is 18.8 Å². The van der Waals surface area contributed by atoms with Gasteiger partial charge in [-0.2, -0.15) is 0 Å². The fraction of sp³-hybridized carbons (Fsp3) is 0.400. The summed E-state index contributed by atoms with van der Waals surface area (Å²) in [5.41, 5.74) is 1.39. The minimum absolute atomic E-state index is 0.483. The van der Waals surface area contributed by atoms with Crippen molar-refractivity contribution in [2.24, 2.45) is 0 Å². The van der Waals surface area contributed by atoms with Crippen molar-refractivity contribution in [1.82, 2.24) is 4.98 Å². The Morgan fingerprint density at radius 3 is 2.88 bits per heavy atom. The lowest BCUT2D eigenvalue weighted by atomic mass is 10.3. The number of aromatic nitrogens is 1. The first-order chi connectivity index (χ1) is 7.75. The van der Waals surface area contributed by atoms with Crippen LogP contribution < -0.4 is 10.2 Å². The minimum Gasteiger partial charge on any atom is -0.465 e. The summed E-state index contributed by atoms with van der Waals surface area (Å²) < 4.78 is 5.24. The molecule has 1 aromatic rings. The van der Waals surface area contributed by atoms with Gasteiger partial charge in [0.05, 0.1) is 37.0 Å². The third kappa shape index (κ3) is 2.60. The molecule has 2 rings (SSSR count). The van der Waals surface area contributed by atoms with Gasteiger partial charge in [0.2, 0.25) is 0 Å². The molecule has 0 aromatic carbocycles. The van der Waals surface area contributed by atoms with E-state index < -0.39 is 6.09 Å². The lowest BCUT2D eigenvalue weighted by Crippen LogP contribution is -2.36. The van der Waals surface area contributed by atoms with Crippen molar-refractivity contribution < 1.29 is 14.6 Å². The van der Waals surface area contributed by atoms with Crippen molar-refractivity contribution in [2.45, 2.75) is 0 Å². The molecule has 0 spiro atoms. The largest absolute Gasteiger partial charge is 0.465 e. The Kier molecular flexibility index (Phi) is 3.21. The van der Waals surface area contributed by atoms with Crippen LogP contribution >= 0.6 is 0 Å². The lowest BCUT2D eigenvalue weighted by Gasteiger charge is -2.28. The number of nitrogens with zero attached hydrogens (tertiary/aromatic N) is 2. The Hall–Kier alpha value is -1.82. The highest BCUT2D eigenvalue weighted by molar-refractivity contribution is 5.83. The Bertz CT molecular complexity index is 377. The van der Waals surface area contributed by atoms with Gasteiger partial charge in [-0.15, -0.1) is 0 Å². The maximum atomic E-state index is 10.5. The summed E-state index contributed by atoms with van der Waals surface area (Å²) in [4.78, 5) is 16.6. The van der Waals surface area contributed by atoms with Gasteiger partial charge >= 0.3 is 6.09 Å². The van der Waals surface area contributed by atoms with E-state index in [0.29, 0.717) is 18.9 Å². The molecule has 16 heavy (non-hydrogen) atoms. The van der Waals surface area contributed by atoms with Gasteiger partial charge in [0.1, 0.15) is 0 Å². The van der Waals surface area contributed by atoms with Crippen LogP contribution in [-0.2, 0) is 4.74 Å². The molecule has 6 nitrogen and oxygen atoms in total. The molecule has 0 aliphatic carbocycles. The van der Waals surface area contributed by atoms with E-state index in [9.17, 15) is 4.79 Å². The van der Waals surface area contributed by atoms with E-state index in [-0.39, 0.29) is 0 Å². The third-order valence-corrected chi connectivity index (χ3v) is 2.35. The summed E-state index contributed by atoms with van der Waals surface area (Å²) in [5, 5.41) is 10.9. The predicted molar refractivity (Wildman–Crippen MR) is 58.9 cm³/mol. The Morgan fingerprint density at radius 2 is 2.19 bits per heavy atom. The van der Waals surface area contributed by atoms with Gasteiger partial charge in [-0.05, 0) is 6.07 Å². The number of hydrogen-bond donors (Lipinski definition) is 2. The summed E-state index contributed by atoms with van der Waals surface area (Å²) in [6.07, 6.45) is 2.12. The second-order valence-corrected chi connectivity index (χ2v) is 3.46. The third-order valence-electron chi connectivity index (χ3n) is 2.35. The van der Waals surface area contributed by atoms with E-state index in [4.69, 9.17) is 9.84 Å². The molecule has 1 aliphatic heterocycles. The molecule has 0 atom stereocenters. The lowest BCUT2D eigenvalue weighted by molar-refractivity contribution is 0.122. The Labute approximate surface area is 92.8 Å². The maximum absolute atomic E-state index is 10.5. The molecule has 0 unspecified atom stereocenters. The highest BCUT2D eigenvalue weighted by Crippen LogP contribution is 2.18. The second kappa shape index (κ2) is 4.80. The zero-order valence-electron chi connectivity index (χ0n) is 8.72. The number of hydrogen-bond acceptors (Lipinski definition) is 4. The van der Waals surface area contributed by atoms with Gasteiger partial charge in [-0.3, -0.25) is 10.3 Å². The van der Waals surface area contributed by atoms with Crippen molar-refractivity contribution in [3.05, 3.63) is 18.5 Å². The zero-order valence-corrected chi connectivity index (χ0v) is 8.72. The van der Waals surface area contributed by atoms with Crippen LogP contribution in [0.2, 0.25) is 0 Å². The number of carbonyl (C=O) groups is 1. The molecule has 0 bridgehead atoms. The Morgan fingerprint density at radius 1 is 1.44 bits per heavy atom. The first-order valence-corrected chi connectivity index (χ1v) is 5.03. The van der Waals surface area contributed by atoms with Gasteiger partial charge in [-0.1, -0.05) is 0 Å². The average molecular weight is 223 g/mol. The van der Waals surface area contributed by atoms with Crippen molar-refractivity contribution in [1.29, 1.82) is 0 Å². The van der Waals surface area contributed by atoms with Gasteiger partial charge in [0.25, 0.3) is 0 Å². The molecule has 1 aromatic heterocycles. The molecule has 1 amide bonds. The summed E-state index contributed by atoms with van der Waals surface area (Å²) in [5.74, 6) is 0. The fourth-order valence-corrected chi connectivity index (χ4v) is 1.61. The smallest absolute Gasteiger partial charge is 0.409 e. The average Bonchev–Trinajstić information content (AvgIpc) is 2.30. The van der Waals surface area contributed by atoms with Crippen LogP contribution in [0.25, 0.3) is 0 Å². The van der Waals surface area contributed by atoms with Crippen LogP contribution in [0.4, 0.5) is 16.2 Å². The summed E-state index contributed by atoms with van der Waals surface area (Å²) in [7, 11) is 0. The number of rotatable bonds is 2. The van der Waals surface area contributed by atoms with E-state index in [1.54, 1.807) is 12.3 Å². The maximum Gasteiger partial charge on any atom is 0.409 e. The topological polar surface area (TPSA) is 74.7 Å². The summed E-state index contributed by atoms with van der Waals surface area (Å²) in [6.45, 7) is 2.99. The molecule has 0 radical (unpaired) electrons. The van der Waals surface area contributed by atoms with Gasteiger partial charge in [-0.25, -0.2) is 4.79 Å². The first kappa shape index (κ1) is 10.7. The first-order valence-electron chi connectivity index (χ1n) is 5.03. The van der Waals surface area contributed by atoms with E-state index in [1.807, 2.05) is 0 Å².